The van der Waals surface area contributed by atoms with Crippen LogP contribution < -0.4 is 5.32 Å². The molecule has 1 spiro atoms. The Bertz CT molecular complexity index is 687. The van der Waals surface area contributed by atoms with Gasteiger partial charge in [0.25, 0.3) is 5.91 Å². The number of ether oxygens (including phenoxy) is 1. The van der Waals surface area contributed by atoms with Gasteiger partial charge in [-0.3, -0.25) is 9.59 Å². The Kier molecular flexibility index (Phi) is 5.63. The van der Waals surface area contributed by atoms with Crippen molar-refractivity contribution in [2.24, 2.45) is 17.3 Å². The zero-order chi connectivity index (χ0) is 19.9. The van der Waals surface area contributed by atoms with Gasteiger partial charge < -0.3 is 10.1 Å². The molecule has 1 N–H and O–H groups in total. The van der Waals surface area contributed by atoms with Crippen molar-refractivity contribution in [2.45, 2.75) is 83.8 Å². The lowest BCUT2D eigenvalue weighted by Gasteiger charge is -2.46. The number of carbonyl (C=O) groups excluding carboxylic acids is 2. The summed E-state index contributed by atoms with van der Waals surface area (Å²) in [5.41, 5.74) is -0.301. The van der Waals surface area contributed by atoms with Gasteiger partial charge in [-0.2, -0.15) is 0 Å². The molecular weight excluding hydrogens is 366 g/mol. The van der Waals surface area contributed by atoms with E-state index >= 15 is 0 Å². The number of hydrogen-bond donors (Lipinski definition) is 1. The summed E-state index contributed by atoms with van der Waals surface area (Å²) in [5, 5.41) is 2.84. The van der Waals surface area contributed by atoms with Gasteiger partial charge in [0.1, 0.15) is 0 Å². The van der Waals surface area contributed by atoms with Crippen molar-refractivity contribution in [3.05, 3.63) is 0 Å². The number of nitrogens with one attached hydrogen (secondary N) is 1. The van der Waals surface area contributed by atoms with Gasteiger partial charge in [0.05, 0.1) is 23.0 Å². The van der Waals surface area contributed by atoms with Crippen molar-refractivity contribution in [1.82, 2.24) is 5.32 Å². The van der Waals surface area contributed by atoms with Crippen LogP contribution in [-0.4, -0.2) is 43.4 Å². The van der Waals surface area contributed by atoms with E-state index in [4.69, 9.17) is 4.74 Å². The van der Waals surface area contributed by atoms with E-state index in [1.807, 2.05) is 13.8 Å². The average molecular weight is 400 g/mol. The molecule has 154 valence electrons. The molecule has 0 radical (unpaired) electrons. The number of amides is 1. The van der Waals surface area contributed by atoms with Crippen LogP contribution >= 0.6 is 0 Å². The summed E-state index contributed by atoms with van der Waals surface area (Å²) in [6, 6.07) is 0. The summed E-state index contributed by atoms with van der Waals surface area (Å²) >= 11 is 0. The highest BCUT2D eigenvalue weighted by molar-refractivity contribution is 7.91. The van der Waals surface area contributed by atoms with Gasteiger partial charge in [-0.15, -0.1) is 0 Å². The van der Waals surface area contributed by atoms with E-state index in [9.17, 15) is 18.0 Å². The third-order valence-electron chi connectivity index (χ3n) is 6.83. The molecule has 0 aromatic rings. The minimum Gasteiger partial charge on any atom is -0.452 e. The highest BCUT2D eigenvalue weighted by Crippen LogP contribution is 2.52. The van der Waals surface area contributed by atoms with Gasteiger partial charge in [-0.1, -0.05) is 20.3 Å². The van der Waals surface area contributed by atoms with Crippen molar-refractivity contribution in [2.75, 3.05) is 11.5 Å². The predicted octanol–water partition coefficient (Wildman–Crippen LogP) is 2.61. The monoisotopic (exact) mass is 399 g/mol. The molecule has 0 aromatic heterocycles. The first kappa shape index (κ1) is 20.6. The van der Waals surface area contributed by atoms with E-state index in [2.05, 4.69) is 5.32 Å². The quantitative estimate of drug-likeness (QED) is 0.718. The Morgan fingerprint density at radius 1 is 1.07 bits per heavy atom. The zero-order valence-electron chi connectivity index (χ0n) is 16.8. The van der Waals surface area contributed by atoms with Gasteiger partial charge in [0.2, 0.25) is 0 Å². The fourth-order valence-corrected chi connectivity index (χ4v) is 6.93. The van der Waals surface area contributed by atoms with E-state index in [0.29, 0.717) is 11.8 Å². The van der Waals surface area contributed by atoms with E-state index in [1.165, 1.54) is 19.3 Å². The summed E-state index contributed by atoms with van der Waals surface area (Å²) in [4.78, 5) is 25.4. The molecule has 0 aromatic carbocycles. The zero-order valence-corrected chi connectivity index (χ0v) is 17.6. The number of esters is 1. The largest absolute Gasteiger partial charge is 0.452 e. The summed E-state index contributed by atoms with van der Waals surface area (Å²) in [6.07, 6.45) is 7.26. The first-order valence-electron chi connectivity index (χ1n) is 10.3. The van der Waals surface area contributed by atoms with Crippen molar-refractivity contribution in [1.29, 1.82) is 0 Å². The summed E-state index contributed by atoms with van der Waals surface area (Å²) in [6.45, 7) is 5.43. The third-order valence-corrected chi connectivity index (χ3v) is 8.73. The molecule has 27 heavy (non-hydrogen) atoms. The summed E-state index contributed by atoms with van der Waals surface area (Å²) in [5.74, 6) is -0.925. The fourth-order valence-electron chi connectivity index (χ4n) is 4.83. The van der Waals surface area contributed by atoms with Crippen molar-refractivity contribution < 1.29 is 22.7 Å². The van der Waals surface area contributed by atoms with Gasteiger partial charge >= 0.3 is 5.97 Å². The van der Waals surface area contributed by atoms with Crippen LogP contribution in [0.25, 0.3) is 0 Å². The van der Waals surface area contributed by atoms with Crippen LogP contribution in [-0.2, 0) is 24.2 Å². The van der Waals surface area contributed by atoms with E-state index < -0.39 is 21.5 Å². The Morgan fingerprint density at radius 3 is 2.15 bits per heavy atom. The lowest BCUT2D eigenvalue weighted by molar-refractivity contribution is -0.165. The number of rotatable bonds is 5. The fraction of sp³-hybridized carbons (Fsp3) is 0.900. The molecule has 2 saturated carbocycles. The maximum Gasteiger partial charge on any atom is 0.309 e. The molecule has 1 aliphatic heterocycles. The van der Waals surface area contributed by atoms with Crippen molar-refractivity contribution in [3.8, 4) is 0 Å². The standard InChI is InChI=1S/C20H33NO5S/c1-14(2)16(17(22)21-19(3)11-12-27(24,25)13-19)26-18(23)15-5-9-20(10-6-15)7-4-8-20/h14-16H,4-13H2,1-3H3,(H,21,22). The molecule has 2 unspecified atom stereocenters. The van der Waals surface area contributed by atoms with E-state index in [1.54, 1.807) is 6.92 Å². The Labute approximate surface area is 162 Å². The van der Waals surface area contributed by atoms with Crippen LogP contribution in [0.1, 0.15) is 72.1 Å². The normalized spacial score (nSPS) is 30.7. The number of sulfone groups is 1. The molecule has 3 rings (SSSR count). The Hall–Kier alpha value is -1.11. The number of carbonyl (C=O) groups is 2. The number of hydrogen-bond acceptors (Lipinski definition) is 5. The Balaban J connectivity index is 1.57. The summed E-state index contributed by atoms with van der Waals surface area (Å²) < 4.78 is 29.2. The Morgan fingerprint density at radius 2 is 1.70 bits per heavy atom. The third kappa shape index (κ3) is 4.66. The molecule has 6 nitrogen and oxygen atoms in total. The van der Waals surface area contributed by atoms with Gasteiger partial charge in [-0.25, -0.2) is 8.42 Å². The first-order chi connectivity index (χ1) is 12.5. The molecule has 2 aliphatic carbocycles. The van der Waals surface area contributed by atoms with Crippen LogP contribution in [0.3, 0.4) is 0 Å². The molecule has 3 aliphatic rings. The second kappa shape index (κ2) is 7.37. The smallest absolute Gasteiger partial charge is 0.309 e. The topological polar surface area (TPSA) is 89.5 Å². The van der Waals surface area contributed by atoms with Crippen LogP contribution in [0.2, 0.25) is 0 Å². The maximum absolute atomic E-state index is 12.8. The molecule has 7 heteroatoms. The van der Waals surface area contributed by atoms with Gasteiger partial charge in [0.15, 0.2) is 15.9 Å². The highest BCUT2D eigenvalue weighted by Gasteiger charge is 2.44. The van der Waals surface area contributed by atoms with Crippen molar-refractivity contribution in [3.63, 3.8) is 0 Å². The molecule has 2 atom stereocenters. The average Bonchev–Trinajstić information content (AvgIpc) is 2.83. The predicted molar refractivity (Wildman–Crippen MR) is 103 cm³/mol. The molecule has 0 bridgehead atoms. The minimum atomic E-state index is -3.12. The molecule has 1 heterocycles. The van der Waals surface area contributed by atoms with Crippen LogP contribution in [0.4, 0.5) is 0 Å². The lowest BCUT2D eigenvalue weighted by Crippen LogP contribution is -2.53. The second-order valence-corrected chi connectivity index (χ2v) is 11.8. The van der Waals surface area contributed by atoms with Crippen molar-refractivity contribution >= 4 is 21.7 Å². The molecule has 1 amide bonds. The second-order valence-electron chi connectivity index (χ2n) is 9.62. The molecule has 1 saturated heterocycles. The van der Waals surface area contributed by atoms with E-state index in [0.717, 1.165) is 25.7 Å². The minimum absolute atomic E-state index is 0.0603. The van der Waals surface area contributed by atoms with Gasteiger partial charge in [-0.05, 0) is 63.2 Å². The van der Waals surface area contributed by atoms with E-state index in [-0.39, 0.29) is 35.2 Å². The molecular formula is C20H33NO5S. The van der Waals surface area contributed by atoms with Crippen LogP contribution in [0.5, 0.6) is 0 Å². The lowest BCUT2D eigenvalue weighted by atomic mass is 9.59. The highest BCUT2D eigenvalue weighted by atomic mass is 32.2. The van der Waals surface area contributed by atoms with Crippen LogP contribution in [0.15, 0.2) is 0 Å². The van der Waals surface area contributed by atoms with Crippen LogP contribution in [0, 0.1) is 17.3 Å². The maximum atomic E-state index is 12.8. The molecule has 3 fully saturated rings. The first-order valence-corrected chi connectivity index (χ1v) is 12.1. The SMILES string of the molecule is CC(C)C(OC(=O)C1CCC2(CCC2)CC1)C(=O)NC1(C)CCS(=O)(=O)C1. The van der Waals surface area contributed by atoms with Gasteiger partial charge in [0, 0.05) is 0 Å². The summed E-state index contributed by atoms with van der Waals surface area (Å²) in [7, 11) is -3.12.